The molecule has 1 heterocycles. The molecular weight excluding hydrogens is 471 g/mol. The van der Waals surface area contributed by atoms with E-state index in [1.54, 1.807) is 18.2 Å². The third-order valence-corrected chi connectivity index (χ3v) is 5.32. The Morgan fingerprint density at radius 3 is 2.70 bits per heavy atom. The second-order valence-corrected chi connectivity index (χ2v) is 7.99. The number of hydrogen-bond acceptors (Lipinski definition) is 4. The van der Waals surface area contributed by atoms with Crippen LogP contribution in [0.3, 0.4) is 0 Å². The molecule has 0 saturated carbocycles. The van der Waals surface area contributed by atoms with Crippen LogP contribution in [-0.4, -0.2) is 18.0 Å². The van der Waals surface area contributed by atoms with Crippen molar-refractivity contribution in [2.75, 3.05) is 12.4 Å². The van der Waals surface area contributed by atoms with Crippen LogP contribution in [0.1, 0.15) is 5.56 Å². The minimum Gasteiger partial charge on any atom is -0.495 e. The number of nitrogens with one attached hydrogen (secondary N) is 1. The summed E-state index contributed by atoms with van der Waals surface area (Å²) in [6.07, 6.45) is 2.97. The van der Waals surface area contributed by atoms with E-state index in [0.29, 0.717) is 26.5 Å². The summed E-state index contributed by atoms with van der Waals surface area (Å²) in [5.41, 5.74) is 2.39. The first-order valence-electron chi connectivity index (χ1n) is 7.70. The van der Waals surface area contributed by atoms with Gasteiger partial charge in [0.15, 0.2) is 5.13 Å². The standard InChI is InChI=1S/C19H13BrCl2N2O2S/c1-26-18-12(8-14(21)9-15(18)22)4-7-17(25)24-19-23-16(10-27-19)11-2-5-13(20)6-3-11/h2-10H,1H3,(H,23,24,25). The van der Waals surface area contributed by atoms with E-state index in [4.69, 9.17) is 27.9 Å². The number of carbonyl (C=O) groups is 1. The molecular formula is C19H13BrCl2N2O2S. The SMILES string of the molecule is COc1c(Cl)cc(Cl)cc1C=CC(=O)Nc1nc(-c2ccc(Br)cc2)cs1. The van der Waals surface area contributed by atoms with Crippen molar-refractivity contribution >= 4 is 67.6 Å². The molecule has 2 aromatic carbocycles. The predicted octanol–water partition coefficient (Wildman–Crippen LogP) is 6.54. The Bertz CT molecular complexity index is 1000. The fraction of sp³-hybridized carbons (Fsp3) is 0.0526. The topological polar surface area (TPSA) is 51.2 Å². The Morgan fingerprint density at radius 1 is 1.26 bits per heavy atom. The van der Waals surface area contributed by atoms with E-state index in [1.807, 2.05) is 29.6 Å². The summed E-state index contributed by atoms with van der Waals surface area (Å²) in [6, 6.07) is 11.1. The van der Waals surface area contributed by atoms with E-state index in [0.717, 1.165) is 15.7 Å². The molecule has 0 aliphatic heterocycles. The third-order valence-electron chi connectivity index (χ3n) is 3.53. The van der Waals surface area contributed by atoms with Gasteiger partial charge in [-0.25, -0.2) is 4.98 Å². The van der Waals surface area contributed by atoms with Crippen molar-refractivity contribution < 1.29 is 9.53 Å². The molecule has 3 rings (SSSR count). The van der Waals surface area contributed by atoms with Crippen LogP contribution in [-0.2, 0) is 4.79 Å². The zero-order valence-electron chi connectivity index (χ0n) is 14.0. The minimum absolute atomic E-state index is 0.315. The lowest BCUT2D eigenvalue weighted by molar-refractivity contribution is -0.111. The highest BCUT2D eigenvalue weighted by Gasteiger charge is 2.09. The van der Waals surface area contributed by atoms with Crippen molar-refractivity contribution in [2.45, 2.75) is 0 Å². The second-order valence-electron chi connectivity index (χ2n) is 5.38. The number of hydrogen-bond donors (Lipinski definition) is 1. The molecule has 138 valence electrons. The van der Waals surface area contributed by atoms with Crippen LogP contribution in [0.15, 0.2) is 52.3 Å². The number of aromatic nitrogens is 1. The molecule has 27 heavy (non-hydrogen) atoms. The van der Waals surface area contributed by atoms with E-state index in [2.05, 4.69) is 26.2 Å². The van der Waals surface area contributed by atoms with Crippen LogP contribution in [0, 0.1) is 0 Å². The summed E-state index contributed by atoms with van der Waals surface area (Å²) in [7, 11) is 1.51. The lowest BCUT2D eigenvalue weighted by Gasteiger charge is -2.07. The third kappa shape index (κ3) is 5.11. The summed E-state index contributed by atoms with van der Waals surface area (Å²) < 4.78 is 6.25. The molecule has 0 bridgehead atoms. The van der Waals surface area contributed by atoms with Gasteiger partial charge in [-0.3, -0.25) is 10.1 Å². The molecule has 1 N–H and O–H groups in total. The molecule has 3 aromatic rings. The fourth-order valence-electron chi connectivity index (χ4n) is 2.32. The number of carbonyl (C=O) groups excluding carboxylic acids is 1. The van der Waals surface area contributed by atoms with Gasteiger partial charge in [-0.15, -0.1) is 11.3 Å². The number of thiazole rings is 1. The van der Waals surface area contributed by atoms with Gasteiger partial charge in [-0.2, -0.15) is 0 Å². The average molecular weight is 484 g/mol. The molecule has 1 amide bonds. The Balaban J connectivity index is 1.72. The largest absolute Gasteiger partial charge is 0.495 e. The van der Waals surface area contributed by atoms with Crippen LogP contribution in [0.25, 0.3) is 17.3 Å². The molecule has 0 fully saturated rings. The van der Waals surface area contributed by atoms with Gasteiger partial charge in [0.25, 0.3) is 0 Å². The van der Waals surface area contributed by atoms with Crippen LogP contribution in [0.2, 0.25) is 10.0 Å². The van der Waals surface area contributed by atoms with Gasteiger partial charge in [0.1, 0.15) is 5.75 Å². The number of nitrogens with zero attached hydrogens (tertiary/aromatic N) is 1. The summed E-state index contributed by atoms with van der Waals surface area (Å²) >= 11 is 16.9. The molecule has 0 radical (unpaired) electrons. The smallest absolute Gasteiger partial charge is 0.250 e. The number of rotatable bonds is 5. The highest BCUT2D eigenvalue weighted by atomic mass is 79.9. The van der Waals surface area contributed by atoms with Crippen molar-refractivity contribution in [1.82, 2.24) is 4.98 Å². The molecule has 0 aliphatic rings. The maximum Gasteiger partial charge on any atom is 0.250 e. The van der Waals surface area contributed by atoms with Crippen molar-refractivity contribution in [3.8, 4) is 17.0 Å². The summed E-state index contributed by atoms with van der Waals surface area (Å²) in [5, 5.41) is 5.99. The van der Waals surface area contributed by atoms with Crippen LogP contribution in [0.4, 0.5) is 5.13 Å². The predicted molar refractivity (Wildman–Crippen MR) is 116 cm³/mol. The minimum atomic E-state index is -0.315. The van der Waals surface area contributed by atoms with Gasteiger partial charge in [-0.1, -0.05) is 51.3 Å². The van der Waals surface area contributed by atoms with Crippen LogP contribution < -0.4 is 10.1 Å². The lowest BCUT2D eigenvalue weighted by Crippen LogP contribution is -2.07. The Morgan fingerprint density at radius 2 is 2.00 bits per heavy atom. The fourth-order valence-corrected chi connectivity index (χ4v) is 3.89. The summed E-state index contributed by atoms with van der Waals surface area (Å²) in [5.74, 6) is 0.141. The number of ether oxygens (including phenoxy) is 1. The van der Waals surface area contributed by atoms with Crippen LogP contribution in [0.5, 0.6) is 5.75 Å². The average Bonchev–Trinajstić information content (AvgIpc) is 3.08. The van der Waals surface area contributed by atoms with E-state index in [-0.39, 0.29) is 5.91 Å². The molecule has 0 unspecified atom stereocenters. The van der Waals surface area contributed by atoms with Gasteiger partial charge in [0.2, 0.25) is 5.91 Å². The maximum absolute atomic E-state index is 12.2. The zero-order valence-corrected chi connectivity index (χ0v) is 17.9. The lowest BCUT2D eigenvalue weighted by atomic mass is 10.2. The summed E-state index contributed by atoms with van der Waals surface area (Å²) in [6.45, 7) is 0. The highest BCUT2D eigenvalue weighted by Crippen LogP contribution is 2.33. The van der Waals surface area contributed by atoms with Crippen molar-refractivity contribution in [3.63, 3.8) is 0 Å². The van der Waals surface area contributed by atoms with Crippen molar-refractivity contribution in [1.29, 1.82) is 0 Å². The van der Waals surface area contributed by atoms with Gasteiger partial charge in [-0.05, 0) is 30.3 Å². The molecule has 0 spiro atoms. The van der Waals surface area contributed by atoms with Gasteiger partial charge < -0.3 is 4.74 Å². The van der Waals surface area contributed by atoms with Crippen molar-refractivity contribution in [2.24, 2.45) is 0 Å². The maximum atomic E-state index is 12.2. The van der Waals surface area contributed by atoms with E-state index < -0.39 is 0 Å². The molecule has 0 aliphatic carbocycles. The van der Waals surface area contributed by atoms with E-state index in [1.165, 1.54) is 24.5 Å². The molecule has 4 nitrogen and oxygen atoms in total. The Labute approximate surface area is 178 Å². The zero-order chi connectivity index (χ0) is 19.4. The van der Waals surface area contributed by atoms with E-state index in [9.17, 15) is 4.79 Å². The number of halogens is 3. The van der Waals surface area contributed by atoms with E-state index >= 15 is 0 Å². The number of anilines is 1. The molecule has 8 heteroatoms. The first-order chi connectivity index (χ1) is 13.0. The van der Waals surface area contributed by atoms with Gasteiger partial charge in [0, 0.05) is 32.1 Å². The number of methoxy groups -OCH3 is 1. The quantitative estimate of drug-likeness (QED) is 0.419. The summed E-state index contributed by atoms with van der Waals surface area (Å²) in [4.78, 5) is 16.6. The first-order valence-corrected chi connectivity index (χ1v) is 10.1. The number of benzene rings is 2. The second kappa shape index (κ2) is 8.89. The number of amides is 1. The molecule has 0 saturated heterocycles. The van der Waals surface area contributed by atoms with Gasteiger partial charge >= 0.3 is 0 Å². The highest BCUT2D eigenvalue weighted by molar-refractivity contribution is 9.10. The first kappa shape index (κ1) is 19.9. The monoisotopic (exact) mass is 482 g/mol. The van der Waals surface area contributed by atoms with Crippen molar-refractivity contribution in [3.05, 3.63) is 67.9 Å². The normalized spacial score (nSPS) is 11.0. The molecule has 0 atom stereocenters. The Kier molecular flexibility index (Phi) is 6.55. The van der Waals surface area contributed by atoms with Crippen LogP contribution >= 0.6 is 50.5 Å². The molecule has 1 aromatic heterocycles. The van der Waals surface area contributed by atoms with Gasteiger partial charge in [0.05, 0.1) is 17.8 Å². The Hall–Kier alpha value is -1.86.